The van der Waals surface area contributed by atoms with Gasteiger partial charge in [0.15, 0.2) is 0 Å². The number of thiophene rings is 2. The van der Waals surface area contributed by atoms with Crippen molar-refractivity contribution < 1.29 is 9.47 Å². The molecule has 4 rings (SSSR count). The third-order valence-electron chi connectivity index (χ3n) is 8.82. The number of aromatic nitrogens is 2. The van der Waals surface area contributed by atoms with Gasteiger partial charge in [-0.15, -0.1) is 0 Å². The van der Waals surface area contributed by atoms with Crippen LogP contribution in [0.15, 0.2) is 24.3 Å². The molecule has 0 aliphatic rings. The van der Waals surface area contributed by atoms with Crippen molar-refractivity contribution in [3.8, 4) is 32.4 Å². The van der Waals surface area contributed by atoms with Gasteiger partial charge >= 0.3 is 297 Å². The van der Waals surface area contributed by atoms with Crippen molar-refractivity contribution in [2.45, 2.75) is 109 Å². The maximum absolute atomic E-state index is 7.08. The first-order chi connectivity index (χ1) is 21.4. The average molecular weight is 882 g/mol. The van der Waals surface area contributed by atoms with Crippen LogP contribution in [0.25, 0.3) is 31.9 Å². The molecule has 0 fully saturated rings. The van der Waals surface area contributed by atoms with E-state index in [0.29, 0.717) is 25.0 Å². The van der Waals surface area contributed by atoms with Crippen molar-refractivity contribution in [2.24, 2.45) is 11.8 Å². The maximum atomic E-state index is 7.08. The molecule has 0 saturated heterocycles. The van der Waals surface area contributed by atoms with Crippen molar-refractivity contribution in [3.05, 3.63) is 24.3 Å². The van der Waals surface area contributed by atoms with Crippen molar-refractivity contribution in [1.29, 1.82) is 0 Å². The first kappa shape index (κ1) is 37.5. The molecular formula is C36H56N2O2S3Sn2. The summed E-state index contributed by atoms with van der Waals surface area (Å²) in [6, 6.07) is 9.37. The number of benzene rings is 1. The monoisotopic (exact) mass is 884 g/mol. The number of rotatable bonds is 18. The van der Waals surface area contributed by atoms with Gasteiger partial charge in [-0.2, -0.15) is 0 Å². The zero-order valence-corrected chi connectivity index (χ0v) is 37.6. The van der Waals surface area contributed by atoms with Gasteiger partial charge in [-0.3, -0.25) is 0 Å². The van der Waals surface area contributed by atoms with Crippen LogP contribution < -0.4 is 15.3 Å². The molecule has 0 saturated carbocycles. The molecule has 3 aromatic heterocycles. The van der Waals surface area contributed by atoms with E-state index in [2.05, 4.69) is 81.6 Å². The van der Waals surface area contributed by atoms with E-state index in [4.69, 9.17) is 18.2 Å². The van der Waals surface area contributed by atoms with Crippen molar-refractivity contribution in [2.75, 3.05) is 13.2 Å². The predicted molar refractivity (Wildman–Crippen MR) is 208 cm³/mol. The second kappa shape index (κ2) is 16.8. The van der Waals surface area contributed by atoms with E-state index < -0.39 is 36.8 Å². The summed E-state index contributed by atoms with van der Waals surface area (Å²) in [5, 5.41) is 0. The van der Waals surface area contributed by atoms with Crippen molar-refractivity contribution in [3.63, 3.8) is 0 Å². The Morgan fingerprint density at radius 1 is 0.622 bits per heavy atom. The van der Waals surface area contributed by atoms with E-state index in [-0.39, 0.29) is 0 Å². The van der Waals surface area contributed by atoms with Crippen LogP contribution in [0.5, 0.6) is 11.5 Å². The van der Waals surface area contributed by atoms with E-state index in [1.165, 1.54) is 60.0 Å². The van der Waals surface area contributed by atoms with Gasteiger partial charge in [-0.1, -0.05) is 0 Å². The van der Waals surface area contributed by atoms with Gasteiger partial charge in [0.05, 0.1) is 0 Å². The molecule has 0 bridgehead atoms. The minimum atomic E-state index is -2.29. The van der Waals surface area contributed by atoms with Gasteiger partial charge in [0.1, 0.15) is 0 Å². The summed E-state index contributed by atoms with van der Waals surface area (Å²) in [7, 11) is 0. The number of ether oxygens (including phenoxy) is 2. The van der Waals surface area contributed by atoms with Crippen LogP contribution in [0.4, 0.5) is 0 Å². The number of hydrogen-bond acceptors (Lipinski definition) is 7. The van der Waals surface area contributed by atoms with Crippen LogP contribution in [0, 0.1) is 11.8 Å². The number of nitrogens with zero attached hydrogens (tertiary/aromatic N) is 2. The molecule has 4 nitrogen and oxygen atoms in total. The van der Waals surface area contributed by atoms with Gasteiger partial charge < -0.3 is 0 Å². The predicted octanol–water partition coefficient (Wildman–Crippen LogP) is 11.4. The summed E-state index contributed by atoms with van der Waals surface area (Å²) >= 11 is 0.627. The Morgan fingerprint density at radius 3 is 1.33 bits per heavy atom. The van der Waals surface area contributed by atoms with Crippen LogP contribution in [0.2, 0.25) is 29.6 Å². The summed E-state index contributed by atoms with van der Waals surface area (Å²) in [5.74, 6) is 2.80. The molecule has 0 N–H and O–H groups in total. The molecule has 1 aromatic carbocycles. The van der Waals surface area contributed by atoms with Gasteiger partial charge in [0.2, 0.25) is 0 Å². The van der Waals surface area contributed by atoms with Crippen molar-refractivity contribution in [1.82, 2.24) is 8.75 Å². The molecule has 2 atom stereocenters. The molecular weight excluding hydrogens is 826 g/mol. The normalized spacial score (nSPS) is 13.8. The van der Waals surface area contributed by atoms with E-state index in [9.17, 15) is 0 Å². The molecule has 0 aliphatic heterocycles. The second-order valence-electron chi connectivity index (χ2n) is 14.7. The summed E-state index contributed by atoms with van der Waals surface area (Å²) in [4.78, 5) is 17.4. The topological polar surface area (TPSA) is 44.2 Å². The fourth-order valence-electron chi connectivity index (χ4n) is 5.64. The number of fused-ring (bicyclic) bond motifs is 1. The molecule has 248 valence electrons. The second-order valence-corrected chi connectivity index (χ2v) is 48.2. The van der Waals surface area contributed by atoms with Gasteiger partial charge in [0.25, 0.3) is 0 Å². The first-order valence-electron chi connectivity index (χ1n) is 17.2. The molecule has 3 heterocycles. The van der Waals surface area contributed by atoms with E-state index >= 15 is 0 Å². The molecule has 0 aliphatic carbocycles. The van der Waals surface area contributed by atoms with E-state index in [1.54, 1.807) is 5.79 Å². The zero-order chi connectivity index (χ0) is 32.8. The zero-order valence-electron chi connectivity index (χ0n) is 29.5. The van der Waals surface area contributed by atoms with E-state index in [0.717, 1.165) is 46.5 Å². The number of hydrogen-bond donors (Lipinski definition) is 0. The Kier molecular flexibility index (Phi) is 14.0. The molecule has 0 spiro atoms. The standard InChI is InChI=1S/C30H38N2O2S3.6CH3.2Sn/c1-5-9-13-21(7-3)19-33-29-25(23-15-11-17-35-23)27-28(32-37-31-27)26(24-16-12-18-36-24)30(29)34-20-22(8-4)14-10-6-2;;;;;;;;/h11-12,15-16,21-22H,5-10,13-14,19-20H2,1-4H3;6*1H3;;. The molecule has 0 radical (unpaired) electrons. The summed E-state index contributed by atoms with van der Waals surface area (Å²) in [6.07, 6.45) is 9.50. The van der Waals surface area contributed by atoms with Crippen LogP contribution in [-0.4, -0.2) is 58.7 Å². The molecule has 45 heavy (non-hydrogen) atoms. The summed E-state index contributed by atoms with van der Waals surface area (Å²) in [6.45, 7) is 10.5. The van der Waals surface area contributed by atoms with Crippen LogP contribution in [0.1, 0.15) is 79.1 Å². The molecule has 4 aromatic rings. The van der Waals surface area contributed by atoms with E-state index in [1.807, 2.05) is 22.7 Å². The van der Waals surface area contributed by atoms with Crippen molar-refractivity contribution >= 4 is 88.0 Å². The average Bonchev–Trinajstić information content (AvgIpc) is 3.78. The Bertz CT molecular complexity index is 1400. The van der Waals surface area contributed by atoms with Crippen LogP contribution in [-0.2, 0) is 0 Å². The summed E-state index contributed by atoms with van der Waals surface area (Å²) < 4.78 is 27.3. The third-order valence-corrected chi connectivity index (χ3v) is 30.5. The van der Waals surface area contributed by atoms with Gasteiger partial charge in [-0.05, 0) is 0 Å². The fourth-order valence-corrected chi connectivity index (χ4v) is 18.9. The fraction of sp³-hybridized carbons (Fsp3) is 0.611. The molecule has 0 amide bonds. The van der Waals surface area contributed by atoms with Gasteiger partial charge in [-0.25, -0.2) is 0 Å². The minimum absolute atomic E-state index is 0.513. The SMILES string of the molecule is CCCCC(CC)COc1c(OCC(CC)CCCC)c(-c2cc[c]([Sn]([CH3])([CH3])[CH3])s2)c2nsnc2c1-c1cc[c]([Sn]([CH3])([CH3])[CH3])s1. The molecule has 2 unspecified atom stereocenters. The Balaban J connectivity index is 1.98. The van der Waals surface area contributed by atoms with Gasteiger partial charge in [0, 0.05) is 0 Å². The third kappa shape index (κ3) is 9.42. The molecule has 9 heteroatoms. The quantitative estimate of drug-likeness (QED) is 0.0934. The number of unbranched alkanes of at least 4 members (excludes halogenated alkanes) is 2. The first-order valence-corrected chi connectivity index (χ1v) is 39.6. The Hall–Kier alpha value is -0.363. The Morgan fingerprint density at radius 2 is 1.02 bits per heavy atom. The van der Waals surface area contributed by atoms with Crippen LogP contribution in [0.3, 0.4) is 0 Å². The van der Waals surface area contributed by atoms with Crippen LogP contribution >= 0.6 is 34.4 Å². The summed E-state index contributed by atoms with van der Waals surface area (Å²) in [5.41, 5.74) is 4.10. The Labute approximate surface area is 293 Å².